The topological polar surface area (TPSA) is 42.4 Å². The maximum Gasteiger partial charge on any atom is 0.214 e. The molecule has 0 saturated heterocycles. The Bertz CT molecular complexity index is 887. The van der Waals surface area contributed by atoms with Gasteiger partial charge in [-0.25, -0.2) is 13.8 Å². The van der Waals surface area contributed by atoms with Gasteiger partial charge >= 0.3 is 0 Å². The van der Waals surface area contributed by atoms with E-state index in [1.807, 2.05) is 0 Å². The van der Waals surface area contributed by atoms with Crippen molar-refractivity contribution in [1.82, 2.24) is 4.98 Å². The van der Waals surface area contributed by atoms with E-state index in [1.165, 1.54) is 24.3 Å². The van der Waals surface area contributed by atoms with Gasteiger partial charge in [-0.05, 0) is 30.3 Å². The van der Waals surface area contributed by atoms with Crippen molar-refractivity contribution >= 4 is 11.6 Å². The van der Waals surface area contributed by atoms with Gasteiger partial charge in [-0.15, -0.1) is 0 Å². The minimum absolute atomic E-state index is 0.0302. The molecule has 0 bridgehead atoms. The van der Waals surface area contributed by atoms with Crippen molar-refractivity contribution in [3.05, 3.63) is 76.8 Å². The largest absolute Gasteiger partial charge is 0.508 e. The first-order chi connectivity index (χ1) is 11.5. The molecule has 0 aliphatic heterocycles. The van der Waals surface area contributed by atoms with Gasteiger partial charge in [0.05, 0.1) is 5.69 Å². The first kappa shape index (κ1) is 16.2. The molecule has 6 heteroatoms. The number of phenolic OH excluding ortho intramolecular Hbond substituents is 1. The van der Waals surface area contributed by atoms with Crippen LogP contribution >= 0.6 is 11.6 Å². The molecule has 0 aliphatic carbocycles. The van der Waals surface area contributed by atoms with Crippen LogP contribution in [0.1, 0.15) is 5.56 Å². The molecule has 1 N–H and O–H groups in total. The van der Waals surface area contributed by atoms with Crippen molar-refractivity contribution in [3.8, 4) is 22.9 Å². The molecule has 0 spiro atoms. The molecule has 0 fully saturated rings. The first-order valence-corrected chi connectivity index (χ1v) is 7.43. The van der Waals surface area contributed by atoms with Gasteiger partial charge in [0, 0.05) is 28.3 Å². The standard InChI is InChI=1S/C18H12ClF2NO2/c19-12-5-4-11(15(20)8-12)10-24-18-3-1-2-17(22-18)14-7-6-13(23)9-16(14)21/h1-9,23H,10H2. The summed E-state index contributed by atoms with van der Waals surface area (Å²) in [5, 5.41) is 9.57. The number of pyridine rings is 1. The van der Waals surface area contributed by atoms with Gasteiger partial charge in [0.25, 0.3) is 0 Å². The summed E-state index contributed by atoms with van der Waals surface area (Å²) in [7, 11) is 0. The zero-order chi connectivity index (χ0) is 17.1. The summed E-state index contributed by atoms with van der Waals surface area (Å²) in [5.41, 5.74) is 0.917. The average molecular weight is 348 g/mol. The number of phenols is 1. The Hall–Kier alpha value is -2.66. The Morgan fingerprint density at radius 3 is 2.58 bits per heavy atom. The normalized spacial score (nSPS) is 10.6. The Labute approximate surface area is 142 Å². The molecule has 1 aromatic heterocycles. The van der Waals surface area contributed by atoms with Crippen LogP contribution in [0.15, 0.2) is 54.6 Å². The smallest absolute Gasteiger partial charge is 0.214 e. The van der Waals surface area contributed by atoms with Gasteiger partial charge < -0.3 is 9.84 Å². The Kier molecular flexibility index (Phi) is 4.62. The number of benzene rings is 2. The van der Waals surface area contributed by atoms with E-state index in [-0.39, 0.29) is 23.8 Å². The fourth-order valence-electron chi connectivity index (χ4n) is 2.15. The Morgan fingerprint density at radius 2 is 1.83 bits per heavy atom. The van der Waals surface area contributed by atoms with Gasteiger partial charge in [-0.3, -0.25) is 0 Å². The van der Waals surface area contributed by atoms with Gasteiger partial charge in [0.1, 0.15) is 24.0 Å². The lowest BCUT2D eigenvalue weighted by Crippen LogP contribution is -2.00. The van der Waals surface area contributed by atoms with Crippen LogP contribution in [0.2, 0.25) is 5.02 Å². The van der Waals surface area contributed by atoms with E-state index in [1.54, 1.807) is 24.3 Å². The maximum absolute atomic E-state index is 13.9. The van der Waals surface area contributed by atoms with E-state index in [9.17, 15) is 13.9 Å². The number of hydrogen-bond donors (Lipinski definition) is 1. The van der Waals surface area contributed by atoms with E-state index in [0.717, 1.165) is 6.07 Å². The summed E-state index contributed by atoms with van der Waals surface area (Å²) in [5.74, 6) is -0.997. The number of nitrogens with zero attached hydrogens (tertiary/aromatic N) is 1. The third kappa shape index (κ3) is 3.63. The molecule has 122 valence electrons. The van der Waals surface area contributed by atoms with Crippen LogP contribution in [0.4, 0.5) is 8.78 Å². The number of hydrogen-bond acceptors (Lipinski definition) is 3. The second-order valence-electron chi connectivity index (χ2n) is 5.05. The molecular weight excluding hydrogens is 336 g/mol. The van der Waals surface area contributed by atoms with Crippen LogP contribution in [-0.4, -0.2) is 10.1 Å². The highest BCUT2D eigenvalue weighted by atomic mass is 35.5. The second kappa shape index (κ2) is 6.84. The van der Waals surface area contributed by atoms with Crippen molar-refractivity contribution in [2.24, 2.45) is 0 Å². The zero-order valence-corrected chi connectivity index (χ0v) is 13.1. The van der Waals surface area contributed by atoms with Crippen molar-refractivity contribution in [2.75, 3.05) is 0 Å². The van der Waals surface area contributed by atoms with E-state index < -0.39 is 11.6 Å². The number of ether oxygens (including phenoxy) is 1. The van der Waals surface area contributed by atoms with Gasteiger partial charge in [0.15, 0.2) is 0 Å². The molecule has 3 nitrogen and oxygen atoms in total. The predicted octanol–water partition coefficient (Wildman–Crippen LogP) is 4.96. The quantitative estimate of drug-likeness (QED) is 0.725. The predicted molar refractivity (Wildman–Crippen MR) is 87.0 cm³/mol. The van der Waals surface area contributed by atoms with E-state index >= 15 is 0 Å². The fourth-order valence-corrected chi connectivity index (χ4v) is 2.31. The highest BCUT2D eigenvalue weighted by Gasteiger charge is 2.09. The summed E-state index contributed by atoms with van der Waals surface area (Å²) >= 11 is 5.70. The average Bonchev–Trinajstić information content (AvgIpc) is 2.54. The second-order valence-corrected chi connectivity index (χ2v) is 5.49. The highest BCUT2D eigenvalue weighted by molar-refractivity contribution is 6.30. The molecule has 0 saturated carbocycles. The highest BCUT2D eigenvalue weighted by Crippen LogP contribution is 2.26. The van der Waals surface area contributed by atoms with Gasteiger partial charge in [-0.2, -0.15) is 0 Å². The van der Waals surface area contributed by atoms with Gasteiger partial charge in [-0.1, -0.05) is 23.7 Å². The molecular formula is C18H12ClF2NO2. The molecule has 0 atom stereocenters. The van der Waals surface area contributed by atoms with Crippen molar-refractivity contribution < 1.29 is 18.6 Å². The number of aromatic nitrogens is 1. The monoisotopic (exact) mass is 347 g/mol. The van der Waals surface area contributed by atoms with Crippen LogP contribution in [-0.2, 0) is 6.61 Å². The van der Waals surface area contributed by atoms with Crippen molar-refractivity contribution in [3.63, 3.8) is 0 Å². The van der Waals surface area contributed by atoms with Crippen LogP contribution in [0.5, 0.6) is 11.6 Å². The Morgan fingerprint density at radius 1 is 1.00 bits per heavy atom. The number of halogens is 3. The molecule has 0 amide bonds. The third-order valence-electron chi connectivity index (χ3n) is 3.34. The first-order valence-electron chi connectivity index (χ1n) is 7.05. The minimum atomic E-state index is -0.594. The van der Waals surface area contributed by atoms with Crippen LogP contribution in [0, 0.1) is 11.6 Å². The summed E-state index contributed by atoms with van der Waals surface area (Å²) in [6.45, 7) is -0.0302. The molecule has 1 heterocycles. The van der Waals surface area contributed by atoms with E-state index in [0.29, 0.717) is 16.3 Å². The molecule has 24 heavy (non-hydrogen) atoms. The maximum atomic E-state index is 13.9. The molecule has 0 unspecified atom stereocenters. The number of aromatic hydroxyl groups is 1. The summed E-state index contributed by atoms with van der Waals surface area (Å²) in [4.78, 5) is 4.20. The van der Waals surface area contributed by atoms with E-state index in [2.05, 4.69) is 4.98 Å². The molecule has 0 radical (unpaired) electrons. The summed E-state index contributed by atoms with van der Waals surface area (Å²) in [6, 6.07) is 13.0. The third-order valence-corrected chi connectivity index (χ3v) is 3.58. The van der Waals surface area contributed by atoms with E-state index in [4.69, 9.17) is 16.3 Å². The van der Waals surface area contributed by atoms with Crippen molar-refractivity contribution in [2.45, 2.75) is 6.61 Å². The van der Waals surface area contributed by atoms with Crippen LogP contribution in [0.25, 0.3) is 11.3 Å². The van der Waals surface area contributed by atoms with Crippen LogP contribution in [0.3, 0.4) is 0 Å². The molecule has 2 aromatic carbocycles. The molecule has 0 aliphatic rings. The Balaban J connectivity index is 1.80. The summed E-state index contributed by atoms with van der Waals surface area (Å²) < 4.78 is 33.1. The lowest BCUT2D eigenvalue weighted by Gasteiger charge is -2.09. The van der Waals surface area contributed by atoms with Gasteiger partial charge in [0.2, 0.25) is 5.88 Å². The summed E-state index contributed by atoms with van der Waals surface area (Å²) in [6.07, 6.45) is 0. The lowest BCUT2D eigenvalue weighted by atomic mass is 10.1. The molecule has 3 aromatic rings. The lowest BCUT2D eigenvalue weighted by molar-refractivity contribution is 0.288. The zero-order valence-electron chi connectivity index (χ0n) is 12.3. The SMILES string of the molecule is Oc1ccc(-c2cccc(OCc3ccc(Cl)cc3F)n2)c(F)c1. The fraction of sp³-hybridized carbons (Fsp3) is 0.0556. The molecule has 3 rings (SSSR count). The van der Waals surface area contributed by atoms with Crippen molar-refractivity contribution in [1.29, 1.82) is 0 Å². The number of rotatable bonds is 4. The van der Waals surface area contributed by atoms with Crippen LogP contribution < -0.4 is 4.74 Å². The minimum Gasteiger partial charge on any atom is -0.508 e.